The number of H-pyrrole nitrogens is 1. The number of halogens is 1. The molecule has 2 aromatic carbocycles. The van der Waals surface area contributed by atoms with Crippen LogP contribution >= 0.6 is 22.9 Å². The van der Waals surface area contributed by atoms with Crippen LogP contribution in [-0.2, 0) is 20.0 Å². The molecule has 9 nitrogen and oxygen atoms in total. The first-order valence-electron chi connectivity index (χ1n) is 8.21. The minimum Gasteiger partial charge on any atom is -0.495 e. The van der Waals surface area contributed by atoms with E-state index in [2.05, 4.69) is 14.4 Å². The van der Waals surface area contributed by atoms with Crippen LogP contribution < -0.4 is 19.1 Å². The maximum atomic E-state index is 12.8. The minimum atomic E-state index is -4.16. The van der Waals surface area contributed by atoms with Gasteiger partial charge in [0.1, 0.15) is 5.75 Å². The van der Waals surface area contributed by atoms with Crippen LogP contribution in [0.2, 0.25) is 5.02 Å². The number of aryl methyl sites for hydroxylation is 1. The highest BCUT2D eigenvalue weighted by Crippen LogP contribution is 2.32. The summed E-state index contributed by atoms with van der Waals surface area (Å²) in [6.07, 6.45) is 0. The quantitative estimate of drug-likeness (QED) is 0.467. The third-order valence-electron chi connectivity index (χ3n) is 3.87. The van der Waals surface area contributed by atoms with E-state index in [0.29, 0.717) is 11.3 Å². The Hall–Kier alpha value is -2.54. The van der Waals surface area contributed by atoms with Gasteiger partial charge in [0.05, 0.1) is 28.4 Å². The Bertz CT molecular complexity index is 1360. The number of para-hydroxylation sites is 1. The summed E-state index contributed by atoms with van der Waals surface area (Å²) in [6, 6.07) is 9.96. The first kappa shape index (κ1) is 22.2. The third-order valence-corrected chi connectivity index (χ3v) is 8.53. The SMILES string of the molecule is COc1ccc(S(=O)(=O)Nc2ccccc2Cl)cc1NS(=O)(=O)c1sc(=O)[nH]c1C. The van der Waals surface area contributed by atoms with Crippen LogP contribution in [0, 0.1) is 6.92 Å². The molecule has 160 valence electrons. The molecular formula is C17H16ClN3O6S3. The second-order valence-corrected chi connectivity index (χ2v) is 10.9. The third kappa shape index (κ3) is 4.61. The van der Waals surface area contributed by atoms with Gasteiger partial charge in [-0.1, -0.05) is 35.1 Å². The highest BCUT2D eigenvalue weighted by molar-refractivity contribution is 7.94. The zero-order chi connectivity index (χ0) is 22.1. The number of aromatic nitrogens is 1. The number of aromatic amines is 1. The average molecular weight is 490 g/mol. The molecule has 13 heteroatoms. The van der Waals surface area contributed by atoms with E-state index in [1.54, 1.807) is 12.1 Å². The lowest BCUT2D eigenvalue weighted by Gasteiger charge is -2.14. The lowest BCUT2D eigenvalue weighted by molar-refractivity contribution is 0.416. The number of sulfonamides is 2. The number of benzene rings is 2. The molecule has 0 amide bonds. The number of anilines is 2. The van der Waals surface area contributed by atoms with Gasteiger partial charge in [-0.05, 0) is 37.3 Å². The predicted octanol–water partition coefficient (Wildman–Crippen LogP) is 3.01. The number of thiazole rings is 1. The molecule has 1 heterocycles. The fraction of sp³-hybridized carbons (Fsp3) is 0.118. The summed E-state index contributed by atoms with van der Waals surface area (Å²) in [5.74, 6) is 0.0933. The normalized spacial score (nSPS) is 11.8. The molecule has 3 aromatic rings. The van der Waals surface area contributed by atoms with Crippen molar-refractivity contribution in [1.82, 2.24) is 4.98 Å². The molecule has 0 saturated carbocycles. The molecule has 0 saturated heterocycles. The van der Waals surface area contributed by atoms with Crippen LogP contribution in [0.15, 0.2) is 56.4 Å². The van der Waals surface area contributed by atoms with Crippen LogP contribution in [0.4, 0.5) is 11.4 Å². The highest BCUT2D eigenvalue weighted by atomic mass is 35.5. The van der Waals surface area contributed by atoms with Gasteiger partial charge in [0, 0.05) is 5.69 Å². The molecule has 0 unspecified atom stereocenters. The van der Waals surface area contributed by atoms with E-state index in [1.807, 2.05) is 0 Å². The van der Waals surface area contributed by atoms with Crippen molar-refractivity contribution in [3.63, 3.8) is 0 Å². The summed E-state index contributed by atoms with van der Waals surface area (Å²) in [5, 5.41) is 0.202. The van der Waals surface area contributed by atoms with E-state index in [0.717, 1.165) is 6.07 Å². The molecule has 0 atom stereocenters. The highest BCUT2D eigenvalue weighted by Gasteiger charge is 2.24. The van der Waals surface area contributed by atoms with Crippen LogP contribution in [0.3, 0.4) is 0 Å². The monoisotopic (exact) mass is 489 g/mol. The van der Waals surface area contributed by atoms with Gasteiger partial charge in [0.25, 0.3) is 20.0 Å². The summed E-state index contributed by atoms with van der Waals surface area (Å²) in [7, 11) is -6.94. The Labute approximate surface area is 181 Å². The van der Waals surface area contributed by atoms with Gasteiger partial charge in [0.15, 0.2) is 4.21 Å². The molecule has 3 rings (SSSR count). The first-order chi connectivity index (χ1) is 14.0. The molecule has 30 heavy (non-hydrogen) atoms. The Balaban J connectivity index is 2.00. The summed E-state index contributed by atoms with van der Waals surface area (Å²) in [6.45, 7) is 1.44. The van der Waals surface area contributed by atoms with Crippen LogP contribution in [0.1, 0.15) is 5.69 Å². The Morgan fingerprint density at radius 2 is 1.67 bits per heavy atom. The van der Waals surface area contributed by atoms with Crippen molar-refractivity contribution < 1.29 is 21.6 Å². The van der Waals surface area contributed by atoms with Crippen molar-refractivity contribution in [2.45, 2.75) is 16.0 Å². The average Bonchev–Trinajstić information content (AvgIpc) is 3.02. The maximum absolute atomic E-state index is 12.8. The van der Waals surface area contributed by atoms with E-state index in [1.165, 1.54) is 38.3 Å². The van der Waals surface area contributed by atoms with E-state index in [-0.39, 0.29) is 36.9 Å². The predicted molar refractivity (Wildman–Crippen MR) is 116 cm³/mol. The van der Waals surface area contributed by atoms with Crippen molar-refractivity contribution in [2.24, 2.45) is 0 Å². The number of nitrogens with one attached hydrogen (secondary N) is 3. The van der Waals surface area contributed by atoms with E-state index in [9.17, 15) is 21.6 Å². The molecule has 0 bridgehead atoms. The van der Waals surface area contributed by atoms with Crippen molar-refractivity contribution in [1.29, 1.82) is 0 Å². The van der Waals surface area contributed by atoms with Crippen molar-refractivity contribution in [2.75, 3.05) is 16.6 Å². The summed E-state index contributed by atoms with van der Waals surface area (Å²) in [4.78, 5) is 13.1. The smallest absolute Gasteiger partial charge is 0.306 e. The Morgan fingerprint density at radius 1 is 1.00 bits per heavy atom. The number of hydrogen-bond acceptors (Lipinski definition) is 7. The standard InChI is InChI=1S/C17H16ClN3O6S3/c1-10-16(28-17(22)19-10)30(25,26)21-14-9-11(7-8-15(14)27-2)29(23,24)20-13-6-4-3-5-12(13)18/h3-9,20-21H,1-2H3,(H,19,22). The molecule has 0 fully saturated rings. The molecule has 0 aliphatic heterocycles. The van der Waals surface area contributed by atoms with E-state index < -0.39 is 24.9 Å². The molecule has 0 aliphatic carbocycles. The van der Waals surface area contributed by atoms with Crippen LogP contribution in [0.5, 0.6) is 5.75 Å². The van der Waals surface area contributed by atoms with Gasteiger partial charge in [0.2, 0.25) is 0 Å². The van der Waals surface area contributed by atoms with Gasteiger partial charge in [-0.2, -0.15) is 0 Å². The lowest BCUT2D eigenvalue weighted by atomic mass is 10.3. The Morgan fingerprint density at radius 3 is 2.27 bits per heavy atom. The molecule has 3 N–H and O–H groups in total. The van der Waals surface area contributed by atoms with E-state index >= 15 is 0 Å². The lowest BCUT2D eigenvalue weighted by Crippen LogP contribution is -2.16. The summed E-state index contributed by atoms with van der Waals surface area (Å²) in [5.41, 5.74) is 0.227. The minimum absolute atomic E-state index is 0.0933. The molecular weight excluding hydrogens is 474 g/mol. The van der Waals surface area contributed by atoms with Crippen molar-refractivity contribution >= 4 is 54.4 Å². The fourth-order valence-corrected chi connectivity index (χ4v) is 6.23. The summed E-state index contributed by atoms with van der Waals surface area (Å²) < 4.78 is 60.5. The summed E-state index contributed by atoms with van der Waals surface area (Å²) >= 11 is 6.52. The van der Waals surface area contributed by atoms with Crippen LogP contribution in [0.25, 0.3) is 0 Å². The number of ether oxygens (including phenoxy) is 1. The van der Waals surface area contributed by atoms with Gasteiger partial charge in [-0.3, -0.25) is 14.2 Å². The van der Waals surface area contributed by atoms with E-state index in [4.69, 9.17) is 16.3 Å². The molecule has 1 aromatic heterocycles. The Kier molecular flexibility index (Phi) is 6.13. The second-order valence-electron chi connectivity index (χ2n) is 5.98. The largest absolute Gasteiger partial charge is 0.495 e. The van der Waals surface area contributed by atoms with Gasteiger partial charge >= 0.3 is 4.87 Å². The zero-order valence-corrected chi connectivity index (χ0v) is 18.8. The maximum Gasteiger partial charge on any atom is 0.306 e. The van der Waals surface area contributed by atoms with Gasteiger partial charge in [-0.25, -0.2) is 16.8 Å². The number of rotatable bonds is 7. The fourth-order valence-electron chi connectivity index (χ4n) is 2.52. The molecule has 0 radical (unpaired) electrons. The van der Waals surface area contributed by atoms with Crippen LogP contribution in [-0.4, -0.2) is 28.9 Å². The zero-order valence-electron chi connectivity index (χ0n) is 15.6. The topological polar surface area (TPSA) is 134 Å². The van der Waals surface area contributed by atoms with Crippen molar-refractivity contribution in [3.8, 4) is 5.75 Å². The second kappa shape index (κ2) is 8.30. The van der Waals surface area contributed by atoms with Gasteiger partial charge < -0.3 is 9.72 Å². The van der Waals surface area contributed by atoms with Gasteiger partial charge in [-0.15, -0.1) is 0 Å². The molecule has 0 spiro atoms. The number of methoxy groups -OCH3 is 1. The molecule has 0 aliphatic rings. The van der Waals surface area contributed by atoms with Crippen molar-refractivity contribution in [3.05, 3.63) is 62.8 Å². The number of hydrogen-bond donors (Lipinski definition) is 3. The first-order valence-corrected chi connectivity index (χ1v) is 12.4.